The van der Waals surface area contributed by atoms with Crippen LogP contribution in [0.3, 0.4) is 0 Å². The molecule has 0 saturated carbocycles. The molecule has 0 bridgehead atoms. The number of ether oxygens (including phenoxy) is 1. The third-order valence-corrected chi connectivity index (χ3v) is 4.24. The quantitative estimate of drug-likeness (QED) is 0.803. The lowest BCUT2D eigenvalue weighted by Gasteiger charge is -2.23. The maximum atomic E-state index is 12.1. The van der Waals surface area contributed by atoms with E-state index in [9.17, 15) is 4.79 Å². The van der Waals surface area contributed by atoms with E-state index in [4.69, 9.17) is 9.26 Å². The number of anilines is 2. The summed E-state index contributed by atoms with van der Waals surface area (Å²) in [5, 5.41) is 7.09. The highest BCUT2D eigenvalue weighted by atomic mass is 16.6. The molecule has 2 atom stereocenters. The molecule has 1 aliphatic rings. The van der Waals surface area contributed by atoms with Crippen LogP contribution >= 0.6 is 0 Å². The van der Waals surface area contributed by atoms with Crippen molar-refractivity contribution in [3.8, 4) is 0 Å². The van der Waals surface area contributed by atoms with Gasteiger partial charge in [0, 0.05) is 12.6 Å². The first-order valence-electron chi connectivity index (χ1n) is 8.87. The minimum atomic E-state index is -0.387. The lowest BCUT2D eigenvalue weighted by atomic mass is 10.0. The highest BCUT2D eigenvalue weighted by Crippen LogP contribution is 2.26. The van der Waals surface area contributed by atoms with Crippen LogP contribution in [0.1, 0.15) is 51.9 Å². The van der Waals surface area contributed by atoms with Crippen LogP contribution in [0.4, 0.5) is 16.6 Å². The summed E-state index contributed by atoms with van der Waals surface area (Å²) in [6, 6.07) is 1.40. The van der Waals surface area contributed by atoms with Crippen molar-refractivity contribution in [1.29, 1.82) is 0 Å². The molecule has 140 valence electrons. The van der Waals surface area contributed by atoms with E-state index >= 15 is 0 Å². The van der Waals surface area contributed by atoms with Crippen LogP contribution in [-0.2, 0) is 11.2 Å². The van der Waals surface area contributed by atoms with Crippen LogP contribution < -0.4 is 10.2 Å². The number of carbonyl (C=O) groups excluding carboxylic acids is 1. The predicted molar refractivity (Wildman–Crippen MR) is 94.8 cm³/mol. The van der Waals surface area contributed by atoms with Crippen molar-refractivity contribution in [1.82, 2.24) is 20.1 Å². The van der Waals surface area contributed by atoms with Crippen molar-refractivity contribution < 1.29 is 14.1 Å². The number of hydrogen-bond acceptors (Lipinski definition) is 8. The largest absolute Gasteiger partial charge is 0.447 e. The van der Waals surface area contributed by atoms with Gasteiger partial charge in [-0.25, -0.2) is 9.78 Å². The Kier molecular flexibility index (Phi) is 5.34. The van der Waals surface area contributed by atoms with Crippen molar-refractivity contribution in [2.45, 2.75) is 52.6 Å². The summed E-state index contributed by atoms with van der Waals surface area (Å²) in [5.74, 6) is 2.30. The number of amides is 1. The third kappa shape index (κ3) is 3.76. The zero-order valence-electron chi connectivity index (χ0n) is 15.5. The average molecular weight is 360 g/mol. The Balaban J connectivity index is 1.75. The van der Waals surface area contributed by atoms with E-state index in [1.54, 1.807) is 17.2 Å². The van der Waals surface area contributed by atoms with E-state index in [2.05, 4.69) is 32.3 Å². The molecule has 3 rings (SSSR count). The molecule has 9 heteroatoms. The monoisotopic (exact) mass is 360 g/mol. The molecular formula is C17H24N6O3. The molecule has 0 unspecified atom stereocenters. The molecule has 3 heterocycles. The van der Waals surface area contributed by atoms with Crippen LogP contribution in [0.2, 0.25) is 0 Å². The van der Waals surface area contributed by atoms with Gasteiger partial charge in [0.25, 0.3) is 0 Å². The smallest absolute Gasteiger partial charge is 0.415 e. The van der Waals surface area contributed by atoms with E-state index in [1.165, 1.54) is 0 Å². The Morgan fingerprint density at radius 3 is 2.88 bits per heavy atom. The summed E-state index contributed by atoms with van der Waals surface area (Å²) in [6.45, 7) is 8.41. The van der Waals surface area contributed by atoms with Crippen molar-refractivity contribution in [2.75, 3.05) is 16.8 Å². The summed E-state index contributed by atoms with van der Waals surface area (Å²) in [4.78, 5) is 26.7. The molecule has 1 N–H and O–H groups in total. The van der Waals surface area contributed by atoms with Crippen LogP contribution in [0.5, 0.6) is 0 Å². The van der Waals surface area contributed by atoms with Crippen molar-refractivity contribution >= 4 is 17.9 Å². The van der Waals surface area contributed by atoms with Gasteiger partial charge in [-0.1, -0.05) is 25.9 Å². The Hall–Kier alpha value is -2.71. The second-order valence-electron chi connectivity index (χ2n) is 6.66. The number of aryl methyl sites for hydroxylation is 1. The predicted octanol–water partition coefficient (Wildman–Crippen LogP) is 2.97. The Morgan fingerprint density at radius 1 is 1.35 bits per heavy atom. The molecule has 9 nitrogen and oxygen atoms in total. The zero-order valence-corrected chi connectivity index (χ0v) is 15.5. The fourth-order valence-electron chi connectivity index (χ4n) is 2.77. The molecule has 0 aliphatic carbocycles. The molecular weight excluding hydrogens is 336 g/mol. The van der Waals surface area contributed by atoms with Crippen LogP contribution in [0.25, 0.3) is 0 Å². The lowest BCUT2D eigenvalue weighted by Crippen LogP contribution is -2.37. The van der Waals surface area contributed by atoms with Crippen LogP contribution in [0, 0.1) is 5.92 Å². The first-order valence-corrected chi connectivity index (χ1v) is 8.87. The summed E-state index contributed by atoms with van der Waals surface area (Å²) in [5.41, 5.74) is 0. The molecule has 1 saturated heterocycles. The number of carbonyl (C=O) groups is 1. The van der Waals surface area contributed by atoms with Gasteiger partial charge in [0.05, 0.1) is 6.04 Å². The standard InChI is InChI=1S/C17H24N6O3/c1-5-6-13-20-15(26-22-13)11(4)19-16-18-8-7-14(21-16)23-12(10(2)3)9-25-17(23)24/h7-8,10-12H,5-6,9H2,1-4H3,(H,18,19,21)/t11-,12-/m1/s1. The van der Waals surface area contributed by atoms with Crippen molar-refractivity contribution in [3.63, 3.8) is 0 Å². The minimum Gasteiger partial charge on any atom is -0.447 e. The normalized spacial score (nSPS) is 18.3. The van der Waals surface area contributed by atoms with Gasteiger partial charge < -0.3 is 14.6 Å². The van der Waals surface area contributed by atoms with Gasteiger partial charge in [0.15, 0.2) is 5.82 Å². The molecule has 0 radical (unpaired) electrons. The first-order chi connectivity index (χ1) is 12.5. The summed E-state index contributed by atoms with van der Waals surface area (Å²) in [6.07, 6.45) is 2.95. The minimum absolute atomic E-state index is 0.0461. The number of rotatable bonds is 7. The second-order valence-corrected chi connectivity index (χ2v) is 6.66. The van der Waals surface area contributed by atoms with Crippen molar-refractivity contribution in [3.05, 3.63) is 24.0 Å². The molecule has 2 aromatic rings. The average Bonchev–Trinajstić information content (AvgIpc) is 3.22. The molecule has 1 amide bonds. The first kappa shape index (κ1) is 18.1. The van der Waals surface area contributed by atoms with E-state index < -0.39 is 0 Å². The van der Waals surface area contributed by atoms with Gasteiger partial charge in [-0.05, 0) is 25.3 Å². The van der Waals surface area contributed by atoms with Gasteiger partial charge in [-0.2, -0.15) is 9.97 Å². The molecule has 0 aromatic carbocycles. The number of aromatic nitrogens is 4. The highest BCUT2D eigenvalue weighted by molar-refractivity contribution is 5.89. The summed E-state index contributed by atoms with van der Waals surface area (Å²) in [7, 11) is 0. The Labute approximate surface area is 152 Å². The molecule has 1 fully saturated rings. The topological polar surface area (TPSA) is 106 Å². The fraction of sp³-hybridized carbons (Fsp3) is 0.588. The highest BCUT2D eigenvalue weighted by Gasteiger charge is 2.37. The van der Waals surface area contributed by atoms with E-state index in [0.29, 0.717) is 30.1 Å². The van der Waals surface area contributed by atoms with E-state index in [-0.39, 0.29) is 24.1 Å². The third-order valence-electron chi connectivity index (χ3n) is 4.24. The van der Waals surface area contributed by atoms with Gasteiger partial charge in [-0.3, -0.25) is 4.90 Å². The van der Waals surface area contributed by atoms with E-state index in [0.717, 1.165) is 12.8 Å². The number of nitrogens with zero attached hydrogens (tertiary/aromatic N) is 5. The van der Waals surface area contributed by atoms with Gasteiger partial charge in [0.2, 0.25) is 11.8 Å². The number of cyclic esters (lactones) is 1. The summed E-state index contributed by atoms with van der Waals surface area (Å²) < 4.78 is 10.5. The summed E-state index contributed by atoms with van der Waals surface area (Å²) >= 11 is 0. The van der Waals surface area contributed by atoms with Gasteiger partial charge >= 0.3 is 6.09 Å². The van der Waals surface area contributed by atoms with Crippen LogP contribution in [0.15, 0.2) is 16.8 Å². The lowest BCUT2D eigenvalue weighted by molar-refractivity contribution is 0.177. The molecule has 1 aliphatic heterocycles. The second kappa shape index (κ2) is 7.67. The molecule has 26 heavy (non-hydrogen) atoms. The van der Waals surface area contributed by atoms with E-state index in [1.807, 2.05) is 20.8 Å². The molecule has 2 aromatic heterocycles. The van der Waals surface area contributed by atoms with Crippen LogP contribution in [-0.4, -0.2) is 38.9 Å². The number of nitrogens with one attached hydrogen (secondary N) is 1. The number of hydrogen-bond donors (Lipinski definition) is 1. The SMILES string of the molecule is CCCc1noc([C@@H](C)Nc2nccc(N3C(=O)OC[C@@H]3C(C)C)n2)n1. The zero-order chi connectivity index (χ0) is 18.7. The van der Waals surface area contributed by atoms with Crippen molar-refractivity contribution in [2.24, 2.45) is 5.92 Å². The van der Waals surface area contributed by atoms with Gasteiger partial charge in [0.1, 0.15) is 18.5 Å². The maximum Gasteiger partial charge on any atom is 0.415 e. The van der Waals surface area contributed by atoms with Gasteiger partial charge in [-0.15, -0.1) is 0 Å². The Bertz CT molecular complexity index is 762. The molecule has 0 spiro atoms. The Morgan fingerprint density at radius 2 is 2.15 bits per heavy atom. The maximum absolute atomic E-state index is 12.1. The fourth-order valence-corrected chi connectivity index (χ4v) is 2.77.